The number of aliphatic hydroxyl groups is 3. The van der Waals surface area contributed by atoms with Crippen LogP contribution >= 0.6 is 0 Å². The Morgan fingerprint density at radius 3 is 1.62 bits per heavy atom. The number of ether oxygens (including phenoxy) is 1. The summed E-state index contributed by atoms with van der Waals surface area (Å²) in [6.45, 7) is 2.41. The molecule has 0 aromatic heterocycles. The van der Waals surface area contributed by atoms with Crippen LogP contribution in [0, 0.1) is 0 Å². The molecule has 0 aliphatic carbocycles. The van der Waals surface area contributed by atoms with Gasteiger partial charge in [-0.15, -0.1) is 0 Å². The lowest BCUT2D eigenvalue weighted by Crippen LogP contribution is -2.47. The molecule has 6 nitrogen and oxygen atoms in total. The lowest BCUT2D eigenvalue weighted by Gasteiger charge is -2.23. The van der Waals surface area contributed by atoms with Gasteiger partial charge in [0.1, 0.15) is 12.7 Å². The molecular weight excluding hydrogens is 372 g/mol. The van der Waals surface area contributed by atoms with E-state index in [4.69, 9.17) is 9.84 Å². The minimum Gasteiger partial charge on any atom is -0.460 e. The fourth-order valence-corrected chi connectivity index (χ4v) is 3.34. The lowest BCUT2D eigenvalue weighted by atomic mass is 9.92. The largest absolute Gasteiger partial charge is 0.460 e. The molecule has 3 N–H and O–H groups in total. The Morgan fingerprint density at radius 1 is 0.828 bits per heavy atom. The Hall–Kier alpha value is -0.980. The first-order valence-corrected chi connectivity index (χ1v) is 11.6. The molecule has 0 aromatic rings. The number of rotatable bonds is 20. The van der Waals surface area contributed by atoms with Crippen molar-refractivity contribution in [2.75, 3.05) is 13.2 Å². The first-order chi connectivity index (χ1) is 13.9. The summed E-state index contributed by atoms with van der Waals surface area (Å²) in [5.41, 5.74) is -2.16. The minimum absolute atomic E-state index is 0.0222. The molecule has 0 amide bonds. The van der Waals surface area contributed by atoms with Gasteiger partial charge in [-0.2, -0.15) is 0 Å². The second-order valence-corrected chi connectivity index (χ2v) is 8.20. The van der Waals surface area contributed by atoms with Crippen molar-refractivity contribution in [1.29, 1.82) is 0 Å². The molecule has 2 unspecified atom stereocenters. The van der Waals surface area contributed by atoms with E-state index in [-0.39, 0.29) is 6.42 Å². The molecule has 29 heavy (non-hydrogen) atoms. The van der Waals surface area contributed by atoms with Gasteiger partial charge in [0.05, 0.1) is 6.61 Å². The average Bonchev–Trinajstić information content (AvgIpc) is 2.71. The normalized spacial score (nSPS) is 14.4. The van der Waals surface area contributed by atoms with Crippen LogP contribution in [0.1, 0.15) is 110 Å². The standard InChI is InChI=1S/C23H44O6/c1-3-4-5-6-7-8-9-10-11-12-13-14-15-16-17-23(28,20(2)25)22(27)29-19-21(26)18-24/h21,24,26,28H,3-19H2,1-2H3. The predicted octanol–water partition coefficient (Wildman–Crippen LogP) is 4.07. The molecule has 0 saturated heterocycles. The van der Waals surface area contributed by atoms with Crippen LogP contribution in [-0.2, 0) is 14.3 Å². The molecule has 0 heterocycles. The van der Waals surface area contributed by atoms with Crippen molar-refractivity contribution in [2.24, 2.45) is 0 Å². The van der Waals surface area contributed by atoms with Crippen LogP contribution in [0.3, 0.4) is 0 Å². The highest BCUT2D eigenvalue weighted by Gasteiger charge is 2.42. The molecular formula is C23H44O6. The fourth-order valence-electron chi connectivity index (χ4n) is 3.34. The molecule has 0 rings (SSSR count). The minimum atomic E-state index is -2.16. The van der Waals surface area contributed by atoms with E-state index in [1.165, 1.54) is 64.2 Å². The van der Waals surface area contributed by atoms with Crippen molar-refractivity contribution in [1.82, 2.24) is 0 Å². The van der Waals surface area contributed by atoms with Gasteiger partial charge in [0.15, 0.2) is 5.78 Å². The van der Waals surface area contributed by atoms with Crippen molar-refractivity contribution in [3.8, 4) is 0 Å². The molecule has 0 bridgehead atoms. The molecule has 0 spiro atoms. The summed E-state index contributed by atoms with van der Waals surface area (Å²) < 4.78 is 4.77. The summed E-state index contributed by atoms with van der Waals surface area (Å²) in [7, 11) is 0. The van der Waals surface area contributed by atoms with E-state index >= 15 is 0 Å². The number of hydrogen-bond acceptors (Lipinski definition) is 6. The van der Waals surface area contributed by atoms with Crippen LogP contribution in [-0.4, -0.2) is 52.0 Å². The van der Waals surface area contributed by atoms with Gasteiger partial charge in [-0.25, -0.2) is 4.79 Å². The van der Waals surface area contributed by atoms with Gasteiger partial charge in [-0.05, 0) is 19.8 Å². The van der Waals surface area contributed by atoms with Gasteiger partial charge in [-0.3, -0.25) is 4.79 Å². The quantitative estimate of drug-likeness (QED) is 0.157. The van der Waals surface area contributed by atoms with E-state index in [0.29, 0.717) is 6.42 Å². The van der Waals surface area contributed by atoms with Gasteiger partial charge >= 0.3 is 5.97 Å². The van der Waals surface area contributed by atoms with Gasteiger partial charge in [0, 0.05) is 0 Å². The first kappa shape index (κ1) is 28.0. The highest BCUT2D eigenvalue weighted by molar-refractivity contribution is 6.05. The summed E-state index contributed by atoms with van der Waals surface area (Å²) in [6, 6.07) is 0. The van der Waals surface area contributed by atoms with Crippen molar-refractivity contribution in [2.45, 2.75) is 122 Å². The number of aliphatic hydroxyl groups excluding tert-OH is 2. The number of carbonyl (C=O) groups is 2. The predicted molar refractivity (Wildman–Crippen MR) is 115 cm³/mol. The van der Waals surface area contributed by atoms with E-state index in [1.54, 1.807) is 0 Å². The highest BCUT2D eigenvalue weighted by Crippen LogP contribution is 2.20. The van der Waals surface area contributed by atoms with Crippen LogP contribution in [0.5, 0.6) is 0 Å². The highest BCUT2D eigenvalue weighted by atomic mass is 16.6. The summed E-state index contributed by atoms with van der Waals surface area (Å²) in [5, 5.41) is 28.3. The summed E-state index contributed by atoms with van der Waals surface area (Å²) >= 11 is 0. The van der Waals surface area contributed by atoms with Crippen LogP contribution in [0.25, 0.3) is 0 Å². The number of Topliss-reactive ketones (excluding diaryl/α,β-unsaturated/α-hetero) is 1. The molecule has 0 aliphatic heterocycles. The number of ketones is 1. The van der Waals surface area contributed by atoms with Crippen molar-refractivity contribution < 1.29 is 29.6 Å². The molecule has 172 valence electrons. The zero-order valence-corrected chi connectivity index (χ0v) is 18.7. The fraction of sp³-hybridized carbons (Fsp3) is 0.913. The third kappa shape index (κ3) is 13.8. The van der Waals surface area contributed by atoms with E-state index in [9.17, 15) is 19.8 Å². The van der Waals surface area contributed by atoms with Crippen molar-refractivity contribution >= 4 is 11.8 Å². The third-order valence-electron chi connectivity index (χ3n) is 5.43. The molecule has 0 saturated carbocycles. The zero-order valence-electron chi connectivity index (χ0n) is 18.7. The van der Waals surface area contributed by atoms with Gasteiger partial charge in [0.25, 0.3) is 0 Å². The van der Waals surface area contributed by atoms with E-state index < -0.39 is 36.7 Å². The summed E-state index contributed by atoms with van der Waals surface area (Å²) in [6.07, 6.45) is 15.5. The third-order valence-corrected chi connectivity index (χ3v) is 5.43. The maximum atomic E-state index is 12.0. The van der Waals surface area contributed by atoms with Crippen LogP contribution in [0.15, 0.2) is 0 Å². The lowest BCUT2D eigenvalue weighted by molar-refractivity contribution is -0.173. The maximum Gasteiger partial charge on any atom is 0.346 e. The average molecular weight is 417 g/mol. The number of hydrogen-bond donors (Lipinski definition) is 3. The smallest absolute Gasteiger partial charge is 0.346 e. The van der Waals surface area contributed by atoms with E-state index in [0.717, 1.165) is 26.2 Å². The molecule has 0 aromatic carbocycles. The van der Waals surface area contributed by atoms with Crippen LogP contribution in [0.2, 0.25) is 0 Å². The van der Waals surface area contributed by atoms with Gasteiger partial charge in [-0.1, -0.05) is 90.4 Å². The number of unbranched alkanes of at least 4 members (excludes halogenated alkanes) is 13. The topological polar surface area (TPSA) is 104 Å². The van der Waals surface area contributed by atoms with Gasteiger partial charge in [0.2, 0.25) is 5.60 Å². The summed E-state index contributed by atoms with van der Waals surface area (Å²) in [4.78, 5) is 23.7. The van der Waals surface area contributed by atoms with Crippen LogP contribution in [0.4, 0.5) is 0 Å². The Bertz CT molecular complexity index is 426. The van der Waals surface area contributed by atoms with Gasteiger partial charge < -0.3 is 20.1 Å². The second kappa shape index (κ2) is 17.8. The number of esters is 1. The van der Waals surface area contributed by atoms with Crippen LogP contribution < -0.4 is 0 Å². The first-order valence-electron chi connectivity index (χ1n) is 11.6. The van der Waals surface area contributed by atoms with Crippen molar-refractivity contribution in [3.05, 3.63) is 0 Å². The number of carbonyl (C=O) groups excluding carboxylic acids is 2. The Balaban J connectivity index is 3.76. The molecule has 6 heteroatoms. The second-order valence-electron chi connectivity index (χ2n) is 8.20. The molecule has 0 aliphatic rings. The maximum absolute atomic E-state index is 12.0. The summed E-state index contributed by atoms with van der Waals surface area (Å²) in [5.74, 6) is -1.71. The van der Waals surface area contributed by atoms with E-state index in [2.05, 4.69) is 6.92 Å². The molecule has 0 radical (unpaired) electrons. The zero-order chi connectivity index (χ0) is 22.0. The molecule has 2 atom stereocenters. The Labute approximate surface area is 177 Å². The SMILES string of the molecule is CCCCCCCCCCCCCCCCC(O)(C(C)=O)C(=O)OCC(O)CO. The monoisotopic (exact) mass is 416 g/mol. The Morgan fingerprint density at radius 2 is 1.24 bits per heavy atom. The van der Waals surface area contributed by atoms with Crippen molar-refractivity contribution in [3.63, 3.8) is 0 Å². The Kier molecular flexibility index (Phi) is 17.2. The molecule has 0 fully saturated rings. The van der Waals surface area contributed by atoms with E-state index in [1.807, 2.05) is 0 Å².